The summed E-state index contributed by atoms with van der Waals surface area (Å²) in [5.41, 5.74) is 0. The molecule has 20 heavy (non-hydrogen) atoms. The molecule has 2 rings (SSSR count). The molecule has 0 aliphatic heterocycles. The van der Waals surface area contributed by atoms with Gasteiger partial charge in [-0.3, -0.25) is 0 Å². The molecule has 0 radical (unpaired) electrons. The second-order valence-electron chi connectivity index (χ2n) is 3.69. The Morgan fingerprint density at radius 1 is 0.900 bits per heavy atom. The van der Waals surface area contributed by atoms with Crippen LogP contribution < -0.4 is 0 Å². The van der Waals surface area contributed by atoms with Gasteiger partial charge in [-0.05, 0) is 81.6 Å². The zero-order chi connectivity index (χ0) is 14.9. The van der Waals surface area contributed by atoms with E-state index in [1.807, 2.05) is 22.6 Å². The summed E-state index contributed by atoms with van der Waals surface area (Å²) in [6, 6.07) is 9.83. The van der Waals surface area contributed by atoms with Crippen molar-refractivity contribution < 1.29 is 8.42 Å². The highest BCUT2D eigenvalue weighted by Crippen LogP contribution is 2.36. The van der Waals surface area contributed by atoms with Crippen molar-refractivity contribution in [3.05, 3.63) is 53.6 Å². The van der Waals surface area contributed by atoms with Gasteiger partial charge in [0.05, 0.1) is 4.90 Å². The third-order valence-corrected chi connectivity index (χ3v) is 8.63. The normalized spacial score (nSPS) is 11.6. The lowest BCUT2D eigenvalue weighted by Crippen LogP contribution is -1.98. The van der Waals surface area contributed by atoms with Crippen molar-refractivity contribution in [1.29, 1.82) is 0 Å². The minimum atomic E-state index is -3.49. The Balaban J connectivity index is 2.41. The molecule has 0 saturated heterocycles. The number of benzene rings is 2. The van der Waals surface area contributed by atoms with E-state index in [4.69, 9.17) is 23.2 Å². The molecule has 0 amide bonds. The van der Waals surface area contributed by atoms with Crippen LogP contribution in [-0.4, -0.2) is 8.42 Å². The lowest BCUT2D eigenvalue weighted by atomic mass is 10.4. The van der Waals surface area contributed by atoms with Crippen LogP contribution in [0.4, 0.5) is 0 Å². The Kier molecular flexibility index (Phi) is 5.92. The minimum absolute atomic E-state index is 0.262. The number of rotatable bonds is 3. The van der Waals surface area contributed by atoms with Crippen molar-refractivity contribution in [3.63, 3.8) is 0 Å². The van der Waals surface area contributed by atoms with Crippen molar-refractivity contribution in [1.82, 2.24) is 0 Å². The van der Waals surface area contributed by atoms with Crippen LogP contribution in [0.1, 0.15) is 0 Å². The molecule has 0 heterocycles. The van der Waals surface area contributed by atoms with Crippen LogP contribution in [0.15, 0.2) is 46.2 Å². The van der Waals surface area contributed by atoms with Gasteiger partial charge in [0.1, 0.15) is 0 Å². The van der Waals surface area contributed by atoms with Gasteiger partial charge in [-0.2, -0.15) is 0 Å². The fraction of sp³-hybridized carbons (Fsp3) is 0. The fourth-order valence-electron chi connectivity index (χ4n) is 1.38. The van der Waals surface area contributed by atoms with E-state index < -0.39 is 8.87 Å². The molecule has 0 aliphatic rings. The second-order valence-corrected chi connectivity index (χ2v) is 10.7. The average Bonchev–Trinajstić information content (AvgIpc) is 2.32. The van der Waals surface area contributed by atoms with Gasteiger partial charge in [-0.15, -0.1) is 0 Å². The number of hydrogen-bond acceptors (Lipinski definition) is 3. The monoisotopic (exact) mass is 570 g/mol. The average molecular weight is 571 g/mol. The maximum absolute atomic E-state index is 12.4. The van der Waals surface area contributed by atoms with E-state index >= 15 is 0 Å². The van der Waals surface area contributed by atoms with Gasteiger partial charge in [0.2, 0.25) is 8.87 Å². The van der Waals surface area contributed by atoms with Gasteiger partial charge in [0, 0.05) is 32.9 Å². The molecule has 0 fully saturated rings. The Morgan fingerprint density at radius 2 is 1.45 bits per heavy atom. The molecule has 0 bridgehead atoms. The van der Waals surface area contributed by atoms with Crippen molar-refractivity contribution in [2.24, 2.45) is 0 Å². The van der Waals surface area contributed by atoms with Crippen molar-refractivity contribution in [3.8, 4) is 0 Å². The van der Waals surface area contributed by atoms with E-state index in [0.717, 1.165) is 14.4 Å². The lowest BCUT2D eigenvalue weighted by Gasteiger charge is -2.08. The van der Waals surface area contributed by atoms with Crippen LogP contribution in [0.3, 0.4) is 0 Å². The summed E-state index contributed by atoms with van der Waals surface area (Å²) in [6.07, 6.45) is 0. The number of hydrogen-bond donors (Lipinski definition) is 0. The molecule has 0 saturated carbocycles. The van der Waals surface area contributed by atoms with Gasteiger partial charge < -0.3 is 0 Å². The Morgan fingerprint density at radius 3 is 2.00 bits per heavy atom. The second kappa shape index (κ2) is 6.91. The Hall–Kier alpha value is 0.780. The van der Waals surface area contributed by atoms with E-state index in [0.29, 0.717) is 18.5 Å². The molecule has 0 aromatic heterocycles. The van der Waals surface area contributed by atoms with Gasteiger partial charge in [0.15, 0.2) is 0 Å². The maximum Gasteiger partial charge on any atom is 0.235 e. The smallest absolute Gasteiger partial charge is 0.212 e. The van der Waals surface area contributed by atoms with Crippen molar-refractivity contribution in [2.75, 3.05) is 0 Å². The first kappa shape index (κ1) is 17.1. The van der Waals surface area contributed by atoms with Crippen molar-refractivity contribution >= 4 is 88.0 Å². The van der Waals surface area contributed by atoms with Crippen LogP contribution in [0.2, 0.25) is 10.0 Å². The maximum atomic E-state index is 12.4. The molecular weight excluding hydrogens is 565 g/mol. The van der Waals surface area contributed by atoms with E-state index in [1.54, 1.807) is 30.3 Å². The summed E-state index contributed by atoms with van der Waals surface area (Å²) in [6.45, 7) is 0. The third-order valence-electron chi connectivity index (χ3n) is 2.26. The van der Waals surface area contributed by atoms with E-state index in [2.05, 4.69) is 22.6 Å². The predicted molar refractivity (Wildman–Crippen MR) is 101 cm³/mol. The highest BCUT2D eigenvalue weighted by molar-refractivity contribution is 14.1. The van der Waals surface area contributed by atoms with Gasteiger partial charge >= 0.3 is 0 Å². The first-order valence-corrected chi connectivity index (χ1v) is 10.9. The molecule has 0 N–H and O–H groups in total. The number of halogens is 4. The summed E-state index contributed by atoms with van der Waals surface area (Å²) in [7, 11) is -2.68. The van der Waals surface area contributed by atoms with Crippen LogP contribution in [0, 0.1) is 7.14 Å². The summed E-state index contributed by atoms with van der Waals surface area (Å²) >= 11 is 15.8. The quantitative estimate of drug-likeness (QED) is 0.352. The first-order chi connectivity index (χ1) is 9.29. The molecule has 0 spiro atoms. The summed E-state index contributed by atoms with van der Waals surface area (Å²) in [4.78, 5) is 0.916. The molecule has 106 valence electrons. The van der Waals surface area contributed by atoms with Crippen molar-refractivity contribution in [2.45, 2.75) is 9.79 Å². The largest absolute Gasteiger partial charge is 0.235 e. The molecule has 2 nitrogen and oxygen atoms in total. The van der Waals surface area contributed by atoms with Gasteiger partial charge in [0.25, 0.3) is 0 Å². The van der Waals surface area contributed by atoms with Crippen LogP contribution >= 0.6 is 79.2 Å². The fourth-order valence-corrected chi connectivity index (χ4v) is 8.19. The molecule has 0 aliphatic carbocycles. The molecule has 0 unspecified atom stereocenters. The minimum Gasteiger partial charge on any atom is -0.212 e. The SMILES string of the molecule is O=S(=O)(Sc1ccc(Cl)cc1I)c1ccc(Cl)cc1I. The molecule has 2 aromatic rings. The predicted octanol–water partition coefficient (Wildman–Crippen LogP) is 5.68. The zero-order valence-corrected chi connectivity index (χ0v) is 17.1. The zero-order valence-electron chi connectivity index (χ0n) is 9.61. The molecule has 2 aromatic carbocycles. The Bertz CT molecular complexity index is 764. The van der Waals surface area contributed by atoms with Gasteiger partial charge in [-0.1, -0.05) is 23.2 Å². The van der Waals surface area contributed by atoms with E-state index in [9.17, 15) is 8.42 Å². The standard InChI is InChI=1S/C12H6Cl2I2O2S2/c13-7-1-3-11(9(15)5-7)19-20(17,18)12-4-2-8(14)6-10(12)16/h1-6H. The van der Waals surface area contributed by atoms with Crippen LogP contribution in [0.25, 0.3) is 0 Å². The van der Waals surface area contributed by atoms with Crippen LogP contribution in [0.5, 0.6) is 0 Å². The molecule has 0 atom stereocenters. The summed E-state index contributed by atoms with van der Waals surface area (Å²) in [5, 5.41) is 1.09. The Labute approximate surface area is 158 Å². The summed E-state index contributed by atoms with van der Waals surface area (Å²) < 4.78 is 26.3. The topological polar surface area (TPSA) is 34.1 Å². The highest BCUT2D eigenvalue weighted by atomic mass is 127. The van der Waals surface area contributed by atoms with E-state index in [-0.39, 0.29) is 4.90 Å². The first-order valence-electron chi connectivity index (χ1n) is 5.14. The molecular formula is C12H6Cl2I2O2S2. The molecule has 8 heteroatoms. The summed E-state index contributed by atoms with van der Waals surface area (Å²) in [5.74, 6) is 0. The van der Waals surface area contributed by atoms with E-state index in [1.165, 1.54) is 6.07 Å². The highest BCUT2D eigenvalue weighted by Gasteiger charge is 2.21. The third kappa shape index (κ3) is 4.16. The van der Waals surface area contributed by atoms with Crippen LogP contribution in [-0.2, 0) is 8.87 Å². The lowest BCUT2D eigenvalue weighted by molar-refractivity contribution is 0.610. The van der Waals surface area contributed by atoms with Gasteiger partial charge in [-0.25, -0.2) is 8.42 Å².